The van der Waals surface area contributed by atoms with Crippen molar-refractivity contribution < 1.29 is 36.5 Å². The van der Waals surface area contributed by atoms with Gasteiger partial charge in [0, 0.05) is 11.3 Å². The van der Waals surface area contributed by atoms with E-state index in [1.54, 1.807) is 26.4 Å². The molecule has 6 rings (SSSR count). The summed E-state index contributed by atoms with van der Waals surface area (Å²) in [5, 5.41) is 6.47. The molecule has 2 atom stereocenters. The highest BCUT2D eigenvalue weighted by Crippen LogP contribution is 2.42. The Morgan fingerprint density at radius 1 is 0.800 bits per heavy atom. The molecule has 0 radical (unpaired) electrons. The van der Waals surface area contributed by atoms with Crippen LogP contribution < -0.4 is 24.8 Å². The average Bonchev–Trinajstić information content (AvgIpc) is 3.14. The van der Waals surface area contributed by atoms with Crippen molar-refractivity contribution in [2.45, 2.75) is 30.8 Å². The number of aliphatic imine (C=N–C) groups is 1. The number of hydrogen-bond donors (Lipinski definition) is 2. The second kappa shape index (κ2) is 14.4. The molecule has 258 valence electrons. The molecule has 5 aromatic carbocycles. The van der Waals surface area contributed by atoms with Crippen molar-refractivity contribution >= 4 is 17.4 Å². The summed E-state index contributed by atoms with van der Waals surface area (Å²) in [6.45, 7) is -1.93. The van der Waals surface area contributed by atoms with Crippen LogP contribution in [0.15, 0.2) is 126 Å². The lowest BCUT2D eigenvalue weighted by atomic mass is 9.77. The molecule has 1 aliphatic rings. The van der Waals surface area contributed by atoms with Gasteiger partial charge in [0.15, 0.2) is 11.8 Å². The minimum Gasteiger partial charge on any atom is -0.497 e. The van der Waals surface area contributed by atoms with Gasteiger partial charge in [-0.3, -0.25) is 0 Å². The summed E-state index contributed by atoms with van der Waals surface area (Å²) in [5.74, 6) is 0.470. The lowest BCUT2D eigenvalue weighted by molar-refractivity contribution is -0.0493. The Morgan fingerprint density at radius 3 is 1.98 bits per heavy atom. The molecule has 0 aliphatic carbocycles. The molecule has 5 aromatic rings. The van der Waals surface area contributed by atoms with E-state index in [2.05, 4.69) is 20.4 Å². The maximum Gasteiger partial charge on any atom is 0.387 e. The van der Waals surface area contributed by atoms with Crippen LogP contribution in [0.25, 0.3) is 0 Å². The fourth-order valence-electron chi connectivity index (χ4n) is 6.08. The van der Waals surface area contributed by atoms with Crippen molar-refractivity contribution in [2.75, 3.05) is 26.1 Å². The topological polar surface area (TPSA) is 73.3 Å². The Balaban J connectivity index is 1.41. The number of hydrogen-bond acceptors (Lipinski definition) is 7. The molecule has 7 nitrogen and oxygen atoms in total. The summed E-state index contributed by atoms with van der Waals surface area (Å²) in [6, 6.07) is 34.6. The van der Waals surface area contributed by atoms with Gasteiger partial charge >= 0.3 is 6.61 Å². The van der Waals surface area contributed by atoms with E-state index in [9.17, 15) is 8.78 Å². The minimum absolute atomic E-state index is 0.0228. The second-order valence-corrected chi connectivity index (χ2v) is 11.7. The molecule has 0 spiro atoms. The smallest absolute Gasteiger partial charge is 0.387 e. The Labute approximate surface area is 287 Å². The average molecular weight is 686 g/mol. The first-order chi connectivity index (χ1) is 24.2. The monoisotopic (exact) mass is 685 g/mol. The van der Waals surface area contributed by atoms with Gasteiger partial charge in [0.05, 0.1) is 26.5 Å². The Hall–Kier alpha value is -5.71. The number of rotatable bonds is 11. The highest BCUT2D eigenvalue weighted by molar-refractivity contribution is 5.79. The van der Waals surface area contributed by atoms with Crippen molar-refractivity contribution in [3.8, 4) is 17.2 Å². The van der Waals surface area contributed by atoms with Gasteiger partial charge in [-0.05, 0) is 78.2 Å². The number of halogens is 4. The number of nitrogens with one attached hydrogen (secondary N) is 2. The number of para-hydroxylation sites is 2. The van der Waals surface area contributed by atoms with Crippen LogP contribution in [0.4, 0.5) is 28.9 Å². The maximum atomic E-state index is 16.0. The van der Waals surface area contributed by atoms with Gasteiger partial charge in [-0.15, -0.1) is 0 Å². The third-order valence-electron chi connectivity index (χ3n) is 8.73. The standard InChI is InChI=1S/C39H35F4N3O4/c1-38(31-23-28(17-22-32(31)40)45-33-11-7-8-12-34(33)49-36(42)43)35(41)24-44-37(50-38)46-39(25-9-5-4-6-10-25,26-13-18-29(47-2)19-14-26)27-15-20-30(48-3)21-16-27/h4-23,35-36,45H,24H2,1-3H3,(H,44,46)/t35-,38-/m1/s1. The third kappa shape index (κ3) is 6.76. The second-order valence-electron chi connectivity index (χ2n) is 11.7. The van der Waals surface area contributed by atoms with Crippen molar-refractivity contribution in [2.24, 2.45) is 4.99 Å². The van der Waals surface area contributed by atoms with Crippen LogP contribution in [0.3, 0.4) is 0 Å². The molecule has 1 aliphatic heterocycles. The fraction of sp³-hybridized carbons (Fsp3) is 0.205. The summed E-state index contributed by atoms with van der Waals surface area (Å²) in [7, 11) is 3.17. The lowest BCUT2D eigenvalue weighted by Crippen LogP contribution is -2.54. The Kier molecular flexibility index (Phi) is 9.85. The molecule has 0 amide bonds. The van der Waals surface area contributed by atoms with Crippen LogP contribution >= 0.6 is 0 Å². The zero-order valence-corrected chi connectivity index (χ0v) is 27.5. The van der Waals surface area contributed by atoms with Gasteiger partial charge in [-0.2, -0.15) is 8.78 Å². The SMILES string of the molecule is COc1ccc(C(NC2=NC[C@@H](F)[C@@](C)(c3cc(Nc4ccccc4OC(F)F)ccc3F)O2)(c2ccccc2)c2ccc(OC)cc2)cc1. The number of ether oxygens (including phenoxy) is 4. The fourth-order valence-corrected chi connectivity index (χ4v) is 6.08. The van der Waals surface area contributed by atoms with Crippen molar-refractivity contribution in [3.05, 3.63) is 149 Å². The van der Waals surface area contributed by atoms with Gasteiger partial charge in [-0.1, -0.05) is 66.7 Å². The number of amidine groups is 1. The van der Waals surface area contributed by atoms with E-state index in [1.807, 2.05) is 78.9 Å². The zero-order valence-electron chi connectivity index (χ0n) is 27.5. The van der Waals surface area contributed by atoms with E-state index in [-0.39, 0.29) is 29.6 Å². The molecular formula is C39H35F4N3O4. The van der Waals surface area contributed by atoms with Crippen LogP contribution in [-0.4, -0.2) is 39.6 Å². The van der Waals surface area contributed by atoms with Crippen molar-refractivity contribution in [1.82, 2.24) is 5.32 Å². The number of nitrogens with zero attached hydrogens (tertiary/aromatic N) is 1. The summed E-state index contributed by atoms with van der Waals surface area (Å²) < 4.78 is 79.7. The van der Waals surface area contributed by atoms with Crippen LogP contribution in [0, 0.1) is 5.82 Å². The predicted octanol–water partition coefficient (Wildman–Crippen LogP) is 8.71. The zero-order chi connectivity index (χ0) is 35.3. The molecule has 11 heteroatoms. The summed E-state index contributed by atoms with van der Waals surface area (Å²) in [4.78, 5) is 4.45. The van der Waals surface area contributed by atoms with E-state index in [0.29, 0.717) is 17.2 Å². The third-order valence-corrected chi connectivity index (χ3v) is 8.73. The number of alkyl halides is 3. The van der Waals surface area contributed by atoms with Gasteiger partial charge in [-0.25, -0.2) is 13.8 Å². The van der Waals surface area contributed by atoms with Gasteiger partial charge in [0.25, 0.3) is 6.02 Å². The highest BCUT2D eigenvalue weighted by Gasteiger charge is 2.47. The van der Waals surface area contributed by atoms with Gasteiger partial charge in [0.1, 0.15) is 28.6 Å². The van der Waals surface area contributed by atoms with E-state index in [0.717, 1.165) is 22.8 Å². The quantitative estimate of drug-likeness (QED) is 0.107. The molecule has 0 fully saturated rings. The lowest BCUT2D eigenvalue weighted by Gasteiger charge is -2.42. The number of methoxy groups -OCH3 is 2. The molecular weight excluding hydrogens is 650 g/mol. The van der Waals surface area contributed by atoms with Crippen molar-refractivity contribution in [3.63, 3.8) is 0 Å². The molecule has 50 heavy (non-hydrogen) atoms. The highest BCUT2D eigenvalue weighted by atomic mass is 19.3. The molecule has 0 unspecified atom stereocenters. The first-order valence-corrected chi connectivity index (χ1v) is 15.8. The molecule has 0 bridgehead atoms. The van der Waals surface area contributed by atoms with Gasteiger partial charge in [0.2, 0.25) is 0 Å². The normalized spacial score (nSPS) is 17.4. The molecule has 0 aromatic heterocycles. The molecule has 0 saturated heterocycles. The van der Waals surface area contributed by atoms with E-state index < -0.39 is 29.7 Å². The first-order valence-electron chi connectivity index (χ1n) is 15.8. The van der Waals surface area contributed by atoms with Crippen LogP contribution in [0.1, 0.15) is 29.2 Å². The minimum atomic E-state index is -3.05. The summed E-state index contributed by atoms with van der Waals surface area (Å²) in [6.07, 6.45) is -1.75. The maximum absolute atomic E-state index is 16.0. The molecule has 0 saturated carbocycles. The largest absolute Gasteiger partial charge is 0.497 e. The van der Waals surface area contributed by atoms with E-state index in [4.69, 9.17) is 14.2 Å². The van der Waals surface area contributed by atoms with Crippen LogP contribution in [-0.2, 0) is 15.9 Å². The number of benzene rings is 5. The van der Waals surface area contributed by atoms with Crippen LogP contribution in [0.5, 0.6) is 17.2 Å². The van der Waals surface area contributed by atoms with Crippen LogP contribution in [0.2, 0.25) is 0 Å². The Bertz CT molecular complexity index is 1890. The van der Waals surface area contributed by atoms with E-state index >= 15 is 8.78 Å². The van der Waals surface area contributed by atoms with E-state index in [1.165, 1.54) is 31.2 Å². The van der Waals surface area contributed by atoms with Crippen molar-refractivity contribution in [1.29, 1.82) is 0 Å². The summed E-state index contributed by atoms with van der Waals surface area (Å²) in [5.41, 5.74) is -0.197. The first kappa shape index (κ1) is 34.2. The number of anilines is 2. The molecule has 2 N–H and O–H groups in total. The predicted molar refractivity (Wildman–Crippen MR) is 184 cm³/mol. The Morgan fingerprint density at radius 2 is 1.38 bits per heavy atom. The molecule has 1 heterocycles. The summed E-state index contributed by atoms with van der Waals surface area (Å²) >= 11 is 0. The van der Waals surface area contributed by atoms with Gasteiger partial charge < -0.3 is 29.6 Å².